The van der Waals surface area contributed by atoms with Crippen molar-refractivity contribution < 1.29 is 4.52 Å². The summed E-state index contributed by atoms with van der Waals surface area (Å²) in [6, 6.07) is 7.71. The Bertz CT molecular complexity index is 636. The van der Waals surface area contributed by atoms with E-state index in [0.717, 1.165) is 61.3 Å². The predicted molar refractivity (Wildman–Crippen MR) is 88.3 cm³/mol. The van der Waals surface area contributed by atoms with E-state index in [1.165, 1.54) is 0 Å². The standard InChI is InChI=1S/C16H19Cl2N3O/c1-12-8-15(19-22-12)11-21-6-4-20(5-7-21)10-13-2-3-14(17)9-16(13)18/h2-3,8-9H,4-7,10-11H2,1H3. The van der Waals surface area contributed by atoms with Gasteiger partial charge in [0, 0.05) is 55.4 Å². The number of aromatic nitrogens is 1. The molecule has 2 heterocycles. The first-order valence-electron chi connectivity index (χ1n) is 7.41. The average molecular weight is 340 g/mol. The molecule has 0 atom stereocenters. The Morgan fingerprint density at radius 2 is 1.73 bits per heavy atom. The van der Waals surface area contributed by atoms with Gasteiger partial charge in [0.05, 0.1) is 5.69 Å². The number of rotatable bonds is 4. The van der Waals surface area contributed by atoms with Gasteiger partial charge in [-0.05, 0) is 24.6 Å². The van der Waals surface area contributed by atoms with Crippen LogP contribution < -0.4 is 0 Å². The summed E-state index contributed by atoms with van der Waals surface area (Å²) >= 11 is 12.2. The van der Waals surface area contributed by atoms with Gasteiger partial charge in [0.1, 0.15) is 5.76 Å². The molecule has 1 aromatic carbocycles. The summed E-state index contributed by atoms with van der Waals surface area (Å²) in [6.45, 7) is 7.74. The first kappa shape index (κ1) is 15.8. The van der Waals surface area contributed by atoms with Gasteiger partial charge in [0.15, 0.2) is 0 Å². The van der Waals surface area contributed by atoms with E-state index in [1.54, 1.807) is 0 Å². The number of benzene rings is 1. The molecule has 1 aromatic heterocycles. The molecule has 1 aliphatic heterocycles. The predicted octanol–water partition coefficient (Wildman–Crippen LogP) is 3.61. The van der Waals surface area contributed by atoms with Gasteiger partial charge in [-0.1, -0.05) is 34.4 Å². The third-order valence-electron chi connectivity index (χ3n) is 3.94. The molecule has 2 aromatic rings. The van der Waals surface area contributed by atoms with Crippen LogP contribution in [0.15, 0.2) is 28.8 Å². The van der Waals surface area contributed by atoms with Crippen molar-refractivity contribution in [2.75, 3.05) is 26.2 Å². The molecule has 22 heavy (non-hydrogen) atoms. The molecule has 1 saturated heterocycles. The van der Waals surface area contributed by atoms with Crippen LogP contribution in [0, 0.1) is 6.92 Å². The maximum atomic E-state index is 6.25. The molecule has 1 aliphatic rings. The monoisotopic (exact) mass is 339 g/mol. The van der Waals surface area contributed by atoms with E-state index in [1.807, 2.05) is 31.2 Å². The van der Waals surface area contributed by atoms with Crippen LogP contribution in [0.3, 0.4) is 0 Å². The smallest absolute Gasteiger partial charge is 0.133 e. The number of aryl methyl sites for hydroxylation is 1. The van der Waals surface area contributed by atoms with Gasteiger partial charge < -0.3 is 4.52 Å². The minimum absolute atomic E-state index is 0.682. The lowest BCUT2D eigenvalue weighted by atomic mass is 10.2. The molecule has 0 unspecified atom stereocenters. The Hall–Kier alpha value is -1.07. The van der Waals surface area contributed by atoms with Crippen LogP contribution in [-0.4, -0.2) is 41.1 Å². The van der Waals surface area contributed by atoms with Gasteiger partial charge in [-0.15, -0.1) is 0 Å². The van der Waals surface area contributed by atoms with E-state index in [2.05, 4.69) is 15.0 Å². The average Bonchev–Trinajstić information content (AvgIpc) is 2.89. The minimum atomic E-state index is 0.682. The van der Waals surface area contributed by atoms with Gasteiger partial charge in [-0.3, -0.25) is 9.80 Å². The third kappa shape index (κ3) is 4.02. The summed E-state index contributed by atoms with van der Waals surface area (Å²) in [6.07, 6.45) is 0. The molecule has 6 heteroatoms. The van der Waals surface area contributed by atoms with E-state index in [9.17, 15) is 0 Å². The maximum Gasteiger partial charge on any atom is 0.133 e. The topological polar surface area (TPSA) is 32.5 Å². The van der Waals surface area contributed by atoms with Gasteiger partial charge in [-0.25, -0.2) is 0 Å². The molecule has 0 saturated carbocycles. The molecule has 118 valence electrons. The van der Waals surface area contributed by atoms with Crippen LogP contribution in [0.2, 0.25) is 10.0 Å². The molecular formula is C16H19Cl2N3O. The van der Waals surface area contributed by atoms with Crippen molar-refractivity contribution >= 4 is 23.2 Å². The van der Waals surface area contributed by atoms with E-state index in [-0.39, 0.29) is 0 Å². The second-order valence-corrected chi connectivity index (χ2v) is 6.56. The Morgan fingerprint density at radius 1 is 1.05 bits per heavy atom. The number of hydrogen-bond acceptors (Lipinski definition) is 4. The van der Waals surface area contributed by atoms with Crippen molar-refractivity contribution in [2.24, 2.45) is 0 Å². The molecule has 1 fully saturated rings. The molecule has 3 rings (SSSR count). The first-order valence-corrected chi connectivity index (χ1v) is 8.16. The maximum absolute atomic E-state index is 6.25. The van der Waals surface area contributed by atoms with Crippen LogP contribution in [0.1, 0.15) is 17.0 Å². The Labute approximate surface area is 140 Å². The number of piperazine rings is 1. The van der Waals surface area contributed by atoms with Gasteiger partial charge in [0.25, 0.3) is 0 Å². The number of nitrogens with zero attached hydrogens (tertiary/aromatic N) is 3. The molecule has 0 radical (unpaired) electrons. The van der Waals surface area contributed by atoms with Gasteiger partial charge in [0.2, 0.25) is 0 Å². The lowest BCUT2D eigenvalue weighted by molar-refractivity contribution is 0.120. The molecule has 0 amide bonds. The zero-order valence-electron chi connectivity index (χ0n) is 12.6. The van der Waals surface area contributed by atoms with E-state index in [0.29, 0.717) is 5.02 Å². The fourth-order valence-corrected chi connectivity index (χ4v) is 3.19. The quantitative estimate of drug-likeness (QED) is 0.851. The highest BCUT2D eigenvalue weighted by Gasteiger charge is 2.18. The van der Waals surface area contributed by atoms with Crippen LogP contribution in [0.4, 0.5) is 0 Å². The highest BCUT2D eigenvalue weighted by atomic mass is 35.5. The Balaban J connectivity index is 1.51. The van der Waals surface area contributed by atoms with Gasteiger partial charge in [-0.2, -0.15) is 0 Å². The highest BCUT2D eigenvalue weighted by Crippen LogP contribution is 2.22. The van der Waals surface area contributed by atoms with Crippen LogP contribution in [0.5, 0.6) is 0 Å². The van der Waals surface area contributed by atoms with E-state index >= 15 is 0 Å². The van der Waals surface area contributed by atoms with Crippen molar-refractivity contribution in [3.8, 4) is 0 Å². The lowest BCUT2D eigenvalue weighted by Gasteiger charge is -2.34. The summed E-state index contributed by atoms with van der Waals surface area (Å²) in [4.78, 5) is 4.82. The third-order valence-corrected chi connectivity index (χ3v) is 4.52. The van der Waals surface area contributed by atoms with Crippen LogP contribution >= 0.6 is 23.2 Å². The van der Waals surface area contributed by atoms with Crippen LogP contribution in [-0.2, 0) is 13.1 Å². The zero-order chi connectivity index (χ0) is 15.5. The normalized spacial score (nSPS) is 17.0. The molecule has 0 spiro atoms. The molecule has 0 aliphatic carbocycles. The fraction of sp³-hybridized carbons (Fsp3) is 0.438. The van der Waals surface area contributed by atoms with Crippen molar-refractivity contribution in [2.45, 2.75) is 20.0 Å². The summed E-state index contributed by atoms with van der Waals surface area (Å²) in [5, 5.41) is 5.48. The second-order valence-electron chi connectivity index (χ2n) is 5.72. The number of halogens is 2. The highest BCUT2D eigenvalue weighted by molar-refractivity contribution is 6.35. The molecule has 4 nitrogen and oxygen atoms in total. The summed E-state index contributed by atoms with van der Waals surface area (Å²) < 4.78 is 5.12. The summed E-state index contributed by atoms with van der Waals surface area (Å²) in [7, 11) is 0. The van der Waals surface area contributed by atoms with Crippen molar-refractivity contribution in [3.05, 3.63) is 51.3 Å². The minimum Gasteiger partial charge on any atom is -0.361 e. The van der Waals surface area contributed by atoms with E-state index < -0.39 is 0 Å². The summed E-state index contributed by atoms with van der Waals surface area (Å²) in [5.41, 5.74) is 2.14. The Kier molecular flexibility index (Phi) is 5.03. The summed E-state index contributed by atoms with van der Waals surface area (Å²) in [5.74, 6) is 0.867. The Morgan fingerprint density at radius 3 is 2.32 bits per heavy atom. The van der Waals surface area contributed by atoms with Crippen molar-refractivity contribution in [1.82, 2.24) is 15.0 Å². The largest absolute Gasteiger partial charge is 0.361 e. The van der Waals surface area contributed by atoms with Gasteiger partial charge >= 0.3 is 0 Å². The SMILES string of the molecule is Cc1cc(CN2CCN(Cc3ccc(Cl)cc3Cl)CC2)no1. The van der Waals surface area contributed by atoms with Crippen molar-refractivity contribution in [3.63, 3.8) is 0 Å². The lowest BCUT2D eigenvalue weighted by Crippen LogP contribution is -2.45. The number of hydrogen-bond donors (Lipinski definition) is 0. The second kappa shape index (κ2) is 7.01. The molecule has 0 N–H and O–H groups in total. The van der Waals surface area contributed by atoms with E-state index in [4.69, 9.17) is 27.7 Å². The van der Waals surface area contributed by atoms with Crippen LogP contribution in [0.25, 0.3) is 0 Å². The molecule has 0 bridgehead atoms. The fourth-order valence-electron chi connectivity index (χ4n) is 2.72. The van der Waals surface area contributed by atoms with Crippen molar-refractivity contribution in [1.29, 1.82) is 0 Å². The zero-order valence-corrected chi connectivity index (χ0v) is 14.1. The first-order chi connectivity index (χ1) is 10.6. The molecular weight excluding hydrogens is 321 g/mol.